The van der Waals surface area contributed by atoms with E-state index in [2.05, 4.69) is 19.2 Å². The van der Waals surface area contributed by atoms with Crippen LogP contribution < -0.4 is 0 Å². The van der Waals surface area contributed by atoms with Gasteiger partial charge in [0.2, 0.25) is 0 Å². The maximum absolute atomic E-state index is 3.97. The van der Waals surface area contributed by atoms with Crippen LogP contribution in [0.25, 0.3) is 5.32 Å². The summed E-state index contributed by atoms with van der Waals surface area (Å²) >= 11 is 0.815. The molecule has 2 heteroatoms. The molecule has 70 valence electrons. The molecule has 0 saturated heterocycles. The Morgan fingerprint density at radius 3 is 1.85 bits per heavy atom. The van der Waals surface area contributed by atoms with Gasteiger partial charge in [0.25, 0.3) is 0 Å². The summed E-state index contributed by atoms with van der Waals surface area (Å²) < 4.78 is 0. The van der Waals surface area contributed by atoms with Gasteiger partial charge in [-0.3, -0.25) is 0 Å². The molecule has 0 aromatic heterocycles. The van der Waals surface area contributed by atoms with Crippen molar-refractivity contribution < 1.29 is 0 Å². The minimum absolute atomic E-state index is 0.815. The van der Waals surface area contributed by atoms with Crippen molar-refractivity contribution in [1.29, 1.82) is 0 Å². The number of hydrogen-bond acceptors (Lipinski definition) is 0. The summed E-state index contributed by atoms with van der Waals surface area (Å²) in [6.45, 7) is 4.50. The van der Waals surface area contributed by atoms with Crippen LogP contribution in [0.5, 0.6) is 0 Å². The van der Waals surface area contributed by atoms with Crippen LogP contribution >= 0.6 is 0 Å². The predicted octanol–water partition coefficient (Wildman–Crippen LogP) is 3.89. The second-order valence-corrected chi connectivity index (χ2v) is 4.87. The maximum Gasteiger partial charge on any atom is -0.0624 e. The molecule has 0 N–H and O–H groups in total. The van der Waals surface area contributed by atoms with Crippen LogP contribution in [-0.2, 0) is 0 Å². The number of rotatable bonds is 3. The third kappa shape index (κ3) is 7.90. The fourth-order valence-electron chi connectivity index (χ4n) is 0.866. The summed E-state index contributed by atoms with van der Waals surface area (Å²) in [6.07, 6.45) is 0. The number of hydrogen-bond donors (Lipinski definition) is 0. The van der Waals surface area contributed by atoms with Crippen LogP contribution in [0.3, 0.4) is 0 Å². The predicted molar refractivity (Wildman–Crippen MR) is 62.1 cm³/mol. The molecule has 0 heterocycles. The van der Waals surface area contributed by atoms with Gasteiger partial charge in [0, 0.05) is 0 Å². The normalized spacial score (nSPS) is 7.92. The Kier molecular flexibility index (Phi) is 9.31. The van der Waals surface area contributed by atoms with E-state index < -0.39 is 0 Å². The van der Waals surface area contributed by atoms with Crippen molar-refractivity contribution in [3.8, 4) is 0 Å². The summed E-state index contributed by atoms with van der Waals surface area (Å²) in [5.74, 6) is 0. The first-order valence-corrected chi connectivity index (χ1v) is 6.45. The smallest absolute Gasteiger partial charge is 0.0624 e. The van der Waals surface area contributed by atoms with Gasteiger partial charge in [-0.05, 0) is 0 Å². The van der Waals surface area contributed by atoms with Gasteiger partial charge in [-0.1, -0.05) is 30.3 Å². The van der Waals surface area contributed by atoms with Crippen molar-refractivity contribution in [3.63, 3.8) is 0 Å². The van der Waals surface area contributed by atoms with E-state index in [0.29, 0.717) is 0 Å². The van der Waals surface area contributed by atoms with Gasteiger partial charge in [0.05, 0.1) is 0 Å². The Balaban J connectivity index is 0.000000252. The zero-order valence-corrected chi connectivity index (χ0v) is 9.98. The second kappa shape index (κ2) is 9.64. The standard InChI is InChI=1S/C7H8N.2C2H5.Al/c1-8-7-5-3-2-4-6-7;2*1-2;/h2-6H,1H3;2*1H2,2H3;/q-1;;;+1. The van der Waals surface area contributed by atoms with Crippen molar-refractivity contribution >= 4 is 20.9 Å². The van der Waals surface area contributed by atoms with Crippen molar-refractivity contribution in [2.45, 2.75) is 24.4 Å². The second-order valence-electron chi connectivity index (χ2n) is 2.66. The van der Waals surface area contributed by atoms with E-state index in [1.165, 1.54) is 10.6 Å². The molecular formula is C11H18AlN. The number of para-hydroxylation sites is 1. The first-order chi connectivity index (χ1) is 6.35. The minimum Gasteiger partial charge on any atom is -0.687 e. The summed E-state index contributed by atoms with van der Waals surface area (Å²) in [7, 11) is 1.79. The van der Waals surface area contributed by atoms with E-state index in [1.54, 1.807) is 7.05 Å². The Morgan fingerprint density at radius 2 is 1.62 bits per heavy atom. The van der Waals surface area contributed by atoms with E-state index in [9.17, 15) is 0 Å². The Labute approximate surface area is 88.3 Å². The average molecular weight is 191 g/mol. The fraction of sp³-hybridized carbons (Fsp3) is 0.455. The van der Waals surface area contributed by atoms with Gasteiger partial charge in [-0.15, -0.1) is 12.7 Å². The molecular weight excluding hydrogens is 173 g/mol. The van der Waals surface area contributed by atoms with E-state index in [-0.39, 0.29) is 0 Å². The summed E-state index contributed by atoms with van der Waals surface area (Å²) in [4.78, 5) is 0. The van der Waals surface area contributed by atoms with Gasteiger partial charge >= 0.3 is 39.6 Å². The third-order valence-corrected chi connectivity index (χ3v) is 2.75. The SMILES string of the molecule is C[CH2][Al+][CH2]C.C[N-]c1ccccc1. The largest absolute Gasteiger partial charge is 0.687 e. The van der Waals surface area contributed by atoms with Crippen LogP contribution in [0.4, 0.5) is 5.69 Å². The molecule has 1 nitrogen and oxygen atoms in total. The molecule has 13 heavy (non-hydrogen) atoms. The molecule has 0 aliphatic carbocycles. The van der Waals surface area contributed by atoms with Crippen molar-refractivity contribution in [3.05, 3.63) is 35.6 Å². The van der Waals surface area contributed by atoms with E-state index in [1.807, 2.05) is 30.3 Å². The van der Waals surface area contributed by atoms with Crippen molar-refractivity contribution in [2.75, 3.05) is 7.05 Å². The van der Waals surface area contributed by atoms with Gasteiger partial charge in [0.15, 0.2) is 0 Å². The third-order valence-electron chi connectivity index (χ3n) is 1.59. The molecule has 0 atom stereocenters. The molecule has 0 fully saturated rings. The molecule has 1 aromatic rings. The van der Waals surface area contributed by atoms with Gasteiger partial charge in [-0.2, -0.15) is 0 Å². The van der Waals surface area contributed by atoms with Gasteiger partial charge in [0.1, 0.15) is 0 Å². The molecule has 1 aromatic carbocycles. The minimum atomic E-state index is 0.815. The Bertz CT molecular complexity index is 185. The molecule has 0 bridgehead atoms. The van der Waals surface area contributed by atoms with Gasteiger partial charge in [-0.25, -0.2) is 0 Å². The fourth-order valence-corrected chi connectivity index (χ4v) is 1.44. The monoisotopic (exact) mass is 191 g/mol. The van der Waals surface area contributed by atoms with Crippen LogP contribution in [-0.4, -0.2) is 22.3 Å². The van der Waals surface area contributed by atoms with Crippen LogP contribution in [0.1, 0.15) is 13.8 Å². The molecule has 0 aliphatic rings. The zero-order chi connectivity index (χ0) is 9.94. The van der Waals surface area contributed by atoms with E-state index in [4.69, 9.17) is 0 Å². The van der Waals surface area contributed by atoms with Crippen LogP contribution in [0.2, 0.25) is 10.6 Å². The molecule has 0 spiro atoms. The quantitative estimate of drug-likeness (QED) is 0.643. The van der Waals surface area contributed by atoms with Crippen molar-refractivity contribution in [2.24, 2.45) is 0 Å². The zero-order valence-electron chi connectivity index (χ0n) is 8.83. The van der Waals surface area contributed by atoms with Crippen LogP contribution in [0.15, 0.2) is 30.3 Å². The average Bonchev–Trinajstić information content (AvgIpc) is 2.21. The first kappa shape index (κ1) is 12.6. The Morgan fingerprint density at radius 1 is 1.08 bits per heavy atom. The molecule has 0 aliphatic heterocycles. The summed E-state index contributed by atoms with van der Waals surface area (Å²) in [5.41, 5.74) is 1.03. The molecule has 0 radical (unpaired) electrons. The first-order valence-electron chi connectivity index (χ1n) is 4.81. The summed E-state index contributed by atoms with van der Waals surface area (Å²) in [5, 5.41) is 6.82. The number of nitrogens with zero attached hydrogens (tertiary/aromatic N) is 1. The van der Waals surface area contributed by atoms with Gasteiger partial charge < -0.3 is 5.32 Å². The van der Waals surface area contributed by atoms with Crippen LogP contribution in [0, 0.1) is 0 Å². The Hall–Kier alpha value is -0.448. The topological polar surface area (TPSA) is 14.1 Å². The molecule has 1 rings (SSSR count). The molecule has 0 unspecified atom stereocenters. The molecule has 0 saturated carbocycles. The van der Waals surface area contributed by atoms with E-state index >= 15 is 0 Å². The molecule has 0 amide bonds. The van der Waals surface area contributed by atoms with E-state index in [0.717, 1.165) is 20.9 Å². The summed E-state index contributed by atoms with van der Waals surface area (Å²) in [6, 6.07) is 9.87. The van der Waals surface area contributed by atoms with Crippen molar-refractivity contribution in [1.82, 2.24) is 0 Å². The number of benzene rings is 1. The maximum atomic E-state index is 3.97.